The fraction of sp³-hybridized carbons (Fsp3) is 0.931. The molecule has 1 aliphatic heterocycles. The van der Waals surface area contributed by atoms with Crippen molar-refractivity contribution in [2.24, 2.45) is 5.92 Å². The molecule has 2 rings (SSSR count). The first-order chi connectivity index (χ1) is 15.8. The molecule has 1 aliphatic carbocycles. The van der Waals surface area contributed by atoms with E-state index in [1.54, 1.807) is 6.26 Å². The Morgan fingerprint density at radius 3 is 1.94 bits per heavy atom. The van der Waals surface area contributed by atoms with E-state index < -0.39 is 0 Å². The molecule has 1 saturated heterocycles. The Morgan fingerprint density at radius 2 is 1.38 bits per heavy atom. The summed E-state index contributed by atoms with van der Waals surface area (Å²) in [6, 6.07) is 0. The Kier molecular flexibility index (Phi) is 15.5. The van der Waals surface area contributed by atoms with Gasteiger partial charge in [0, 0.05) is 0 Å². The summed E-state index contributed by atoms with van der Waals surface area (Å²) in [6.45, 7) is 8.48. The molecule has 3 nitrogen and oxygen atoms in total. The molecule has 0 N–H and O–H groups in total. The lowest BCUT2D eigenvalue weighted by molar-refractivity contribution is -0.114. The van der Waals surface area contributed by atoms with Gasteiger partial charge in [0.05, 0.1) is 31.7 Å². The highest BCUT2D eigenvalue weighted by Crippen LogP contribution is 2.42. The normalized spacial score (nSPS) is 20.7. The summed E-state index contributed by atoms with van der Waals surface area (Å²) in [4.78, 5) is 0. The Balaban J connectivity index is 1.73. The van der Waals surface area contributed by atoms with Crippen LogP contribution in [0.4, 0.5) is 0 Å². The van der Waals surface area contributed by atoms with Crippen LogP contribution in [0.5, 0.6) is 0 Å². The van der Waals surface area contributed by atoms with E-state index in [0.29, 0.717) is 6.10 Å². The van der Waals surface area contributed by atoms with Gasteiger partial charge in [-0.15, -0.1) is 0 Å². The Hall–Kier alpha value is -0.540. The predicted octanol–water partition coefficient (Wildman–Crippen LogP) is 8.75. The van der Waals surface area contributed by atoms with E-state index >= 15 is 0 Å². The Bertz CT molecular complexity index is 442. The van der Waals surface area contributed by atoms with Crippen molar-refractivity contribution >= 4 is 0 Å². The second kappa shape index (κ2) is 17.9. The highest BCUT2D eigenvalue weighted by Gasteiger charge is 2.40. The Morgan fingerprint density at radius 1 is 0.812 bits per heavy atom. The molecular weight excluding hydrogens is 396 g/mol. The lowest BCUT2D eigenvalue weighted by atomic mass is 9.71. The van der Waals surface area contributed by atoms with E-state index in [4.69, 9.17) is 14.2 Å². The Labute approximate surface area is 200 Å². The minimum absolute atomic E-state index is 0.129. The summed E-state index contributed by atoms with van der Waals surface area (Å²) in [7, 11) is 0. The molecule has 2 aliphatic rings. The fourth-order valence-corrected chi connectivity index (χ4v) is 5.63. The third-order valence-electron chi connectivity index (χ3n) is 7.74. The van der Waals surface area contributed by atoms with Crippen LogP contribution >= 0.6 is 0 Å². The van der Waals surface area contributed by atoms with Gasteiger partial charge in [-0.05, 0) is 38.0 Å². The van der Waals surface area contributed by atoms with Crippen LogP contribution in [0.3, 0.4) is 0 Å². The molecule has 0 spiro atoms. The number of rotatable bonds is 22. The van der Waals surface area contributed by atoms with E-state index in [-0.39, 0.29) is 5.60 Å². The summed E-state index contributed by atoms with van der Waals surface area (Å²) >= 11 is 0. The minimum atomic E-state index is 0.129. The van der Waals surface area contributed by atoms with Gasteiger partial charge in [-0.25, -0.2) is 0 Å². The van der Waals surface area contributed by atoms with Crippen molar-refractivity contribution in [1.29, 1.82) is 0 Å². The monoisotopic (exact) mass is 450 g/mol. The maximum absolute atomic E-state index is 6.85. The molecule has 2 fully saturated rings. The molecular formula is C29H54O3. The van der Waals surface area contributed by atoms with Crippen molar-refractivity contribution in [2.45, 2.75) is 147 Å². The first-order valence-corrected chi connectivity index (χ1v) is 14.3. The average Bonchev–Trinajstić information content (AvgIpc) is 3.65. The average molecular weight is 451 g/mol. The SMILES string of the molecule is C=COCCCCCCCCCCC(CCCCCCC)(OCC1CO1)C1CCCCC1. The summed E-state index contributed by atoms with van der Waals surface area (Å²) in [6.07, 6.45) is 29.0. The summed E-state index contributed by atoms with van der Waals surface area (Å²) in [5.74, 6) is 0.777. The third-order valence-corrected chi connectivity index (χ3v) is 7.74. The quantitative estimate of drug-likeness (QED) is 0.0938. The standard InChI is InChI=1S/C29H54O3/c1-3-5-6-11-17-22-29(32-26-28-25-31-28,27-20-15-14-16-21-27)23-18-12-9-7-8-10-13-19-24-30-4-2/h4,27-28H,2-3,5-26H2,1H3. The van der Waals surface area contributed by atoms with Gasteiger partial charge < -0.3 is 14.2 Å². The lowest BCUT2D eigenvalue weighted by Gasteiger charge is -2.43. The third kappa shape index (κ3) is 12.1. The zero-order valence-electron chi connectivity index (χ0n) is 21.4. The molecule has 0 bridgehead atoms. The van der Waals surface area contributed by atoms with Crippen molar-refractivity contribution in [3.05, 3.63) is 12.8 Å². The fourth-order valence-electron chi connectivity index (χ4n) is 5.63. The molecule has 0 aromatic heterocycles. The van der Waals surface area contributed by atoms with Gasteiger partial charge in [-0.3, -0.25) is 0 Å². The van der Waals surface area contributed by atoms with Crippen LogP contribution in [-0.2, 0) is 14.2 Å². The highest BCUT2D eigenvalue weighted by atomic mass is 16.6. The zero-order chi connectivity index (χ0) is 22.7. The van der Waals surface area contributed by atoms with Crippen molar-refractivity contribution in [2.75, 3.05) is 19.8 Å². The molecule has 0 aromatic carbocycles. The first kappa shape index (κ1) is 27.7. The second-order valence-electron chi connectivity index (χ2n) is 10.4. The van der Waals surface area contributed by atoms with Crippen LogP contribution in [0.25, 0.3) is 0 Å². The number of hydrogen-bond donors (Lipinski definition) is 0. The largest absolute Gasteiger partial charge is 0.502 e. The number of unbranched alkanes of at least 4 members (excludes halogenated alkanes) is 11. The van der Waals surface area contributed by atoms with Crippen LogP contribution in [0.2, 0.25) is 0 Å². The number of ether oxygens (including phenoxy) is 3. The minimum Gasteiger partial charge on any atom is -0.502 e. The van der Waals surface area contributed by atoms with E-state index in [0.717, 1.165) is 32.2 Å². The molecule has 2 atom stereocenters. The van der Waals surface area contributed by atoms with Gasteiger partial charge in [0.1, 0.15) is 6.10 Å². The van der Waals surface area contributed by atoms with Crippen LogP contribution in [0, 0.1) is 5.92 Å². The van der Waals surface area contributed by atoms with Crippen molar-refractivity contribution in [1.82, 2.24) is 0 Å². The number of hydrogen-bond acceptors (Lipinski definition) is 3. The van der Waals surface area contributed by atoms with E-state index in [1.165, 1.54) is 122 Å². The van der Waals surface area contributed by atoms with Gasteiger partial charge in [0.25, 0.3) is 0 Å². The first-order valence-electron chi connectivity index (χ1n) is 14.3. The van der Waals surface area contributed by atoms with Crippen LogP contribution in [0.1, 0.15) is 135 Å². The maximum Gasteiger partial charge on any atom is 0.104 e. The van der Waals surface area contributed by atoms with Crippen molar-refractivity contribution in [3.8, 4) is 0 Å². The van der Waals surface area contributed by atoms with Crippen molar-refractivity contribution < 1.29 is 14.2 Å². The van der Waals surface area contributed by atoms with Gasteiger partial charge in [0.15, 0.2) is 0 Å². The molecule has 32 heavy (non-hydrogen) atoms. The molecule has 0 radical (unpaired) electrons. The van der Waals surface area contributed by atoms with Crippen LogP contribution in [-0.4, -0.2) is 31.5 Å². The topological polar surface area (TPSA) is 31.0 Å². The van der Waals surface area contributed by atoms with Gasteiger partial charge >= 0.3 is 0 Å². The number of epoxide rings is 1. The second-order valence-corrected chi connectivity index (χ2v) is 10.4. The molecule has 1 heterocycles. The summed E-state index contributed by atoms with van der Waals surface area (Å²) < 4.78 is 17.6. The molecule has 1 saturated carbocycles. The molecule has 0 aromatic rings. The predicted molar refractivity (Wildman–Crippen MR) is 136 cm³/mol. The van der Waals surface area contributed by atoms with Crippen LogP contribution in [0.15, 0.2) is 12.8 Å². The molecule has 3 heteroatoms. The summed E-state index contributed by atoms with van der Waals surface area (Å²) in [5.41, 5.74) is 0.129. The van der Waals surface area contributed by atoms with Gasteiger partial charge in [0.2, 0.25) is 0 Å². The lowest BCUT2D eigenvalue weighted by Crippen LogP contribution is -2.43. The molecule has 0 amide bonds. The zero-order valence-corrected chi connectivity index (χ0v) is 21.4. The van der Waals surface area contributed by atoms with E-state index in [1.807, 2.05) is 0 Å². The maximum atomic E-state index is 6.85. The molecule has 2 unspecified atom stereocenters. The molecule has 188 valence electrons. The van der Waals surface area contributed by atoms with E-state index in [9.17, 15) is 0 Å². The van der Waals surface area contributed by atoms with E-state index in [2.05, 4.69) is 13.5 Å². The smallest absolute Gasteiger partial charge is 0.104 e. The van der Waals surface area contributed by atoms with Crippen molar-refractivity contribution in [3.63, 3.8) is 0 Å². The van der Waals surface area contributed by atoms with Gasteiger partial charge in [-0.2, -0.15) is 0 Å². The van der Waals surface area contributed by atoms with Gasteiger partial charge in [-0.1, -0.05) is 110 Å². The van der Waals surface area contributed by atoms with Crippen LogP contribution < -0.4 is 0 Å². The summed E-state index contributed by atoms with van der Waals surface area (Å²) in [5, 5.41) is 0. The highest BCUT2D eigenvalue weighted by molar-refractivity contribution is 4.91.